The first-order chi connectivity index (χ1) is 10.8. The molecule has 3 rings (SSSR count). The van der Waals surface area contributed by atoms with Gasteiger partial charge in [0.25, 0.3) is 0 Å². The van der Waals surface area contributed by atoms with Gasteiger partial charge in [-0.1, -0.05) is 12.1 Å². The van der Waals surface area contributed by atoms with Crippen molar-refractivity contribution in [1.29, 1.82) is 0 Å². The molecule has 0 radical (unpaired) electrons. The fourth-order valence-electron chi connectivity index (χ4n) is 2.75. The van der Waals surface area contributed by atoms with E-state index in [9.17, 15) is 4.79 Å². The van der Waals surface area contributed by atoms with Crippen LogP contribution in [0.2, 0.25) is 0 Å². The molecule has 0 unspecified atom stereocenters. The first-order valence-corrected chi connectivity index (χ1v) is 8.85. The first-order valence-electron chi connectivity index (χ1n) is 8.04. The van der Waals surface area contributed by atoms with Crippen molar-refractivity contribution in [3.63, 3.8) is 0 Å². The molecule has 1 N–H and O–H groups in total. The van der Waals surface area contributed by atoms with Crippen molar-refractivity contribution in [3.05, 3.63) is 29.3 Å². The third-order valence-corrected chi connectivity index (χ3v) is 5.06. The average Bonchev–Trinajstić information content (AvgIpc) is 2.96. The Balaban J connectivity index is 1.37. The lowest BCUT2D eigenvalue weighted by atomic mass is 10.0. The first kappa shape index (κ1) is 15.4. The highest BCUT2D eigenvalue weighted by Crippen LogP contribution is 2.21. The maximum atomic E-state index is 11.9. The average molecular weight is 318 g/mol. The van der Waals surface area contributed by atoms with Gasteiger partial charge in [-0.15, -0.1) is 11.3 Å². The molecule has 2 heterocycles. The Morgan fingerprint density at radius 3 is 3.09 bits per heavy atom. The number of rotatable bonds is 6. The van der Waals surface area contributed by atoms with Crippen LogP contribution in [0, 0.1) is 0 Å². The van der Waals surface area contributed by atoms with Gasteiger partial charge in [-0.3, -0.25) is 4.79 Å². The molecule has 1 aromatic carbocycles. The minimum atomic E-state index is 0.121. The van der Waals surface area contributed by atoms with E-state index in [1.165, 1.54) is 11.1 Å². The number of carbonyl (C=O) groups excluding carboxylic acids is 1. The van der Waals surface area contributed by atoms with Crippen molar-refractivity contribution in [3.8, 4) is 0 Å². The number of thiazole rings is 1. The molecule has 1 atom stereocenters. The van der Waals surface area contributed by atoms with Crippen LogP contribution in [-0.2, 0) is 16.0 Å². The zero-order chi connectivity index (χ0) is 15.2. The van der Waals surface area contributed by atoms with E-state index in [0.717, 1.165) is 42.8 Å². The van der Waals surface area contributed by atoms with E-state index in [-0.39, 0.29) is 12.0 Å². The summed E-state index contributed by atoms with van der Waals surface area (Å²) in [7, 11) is 0. The van der Waals surface area contributed by atoms with E-state index in [1.807, 2.05) is 18.2 Å². The Morgan fingerprint density at radius 1 is 1.36 bits per heavy atom. The third kappa shape index (κ3) is 4.27. The van der Waals surface area contributed by atoms with Crippen LogP contribution >= 0.6 is 11.3 Å². The Bertz CT molecular complexity index is 587. The van der Waals surface area contributed by atoms with Crippen molar-refractivity contribution in [2.45, 2.75) is 44.6 Å². The van der Waals surface area contributed by atoms with Crippen LogP contribution in [0.15, 0.2) is 24.3 Å². The maximum Gasteiger partial charge on any atom is 0.220 e. The van der Waals surface area contributed by atoms with Crippen molar-refractivity contribution < 1.29 is 9.53 Å². The summed E-state index contributed by atoms with van der Waals surface area (Å²) in [5, 5.41) is 4.07. The number of ether oxygens (including phenoxy) is 1. The van der Waals surface area contributed by atoms with E-state index >= 15 is 0 Å². The molecule has 4 nitrogen and oxygen atoms in total. The van der Waals surface area contributed by atoms with Crippen LogP contribution in [0.5, 0.6) is 0 Å². The molecule has 1 amide bonds. The molecule has 1 aromatic heterocycles. The molecule has 1 fully saturated rings. The fourth-order valence-corrected chi connectivity index (χ4v) is 3.72. The summed E-state index contributed by atoms with van der Waals surface area (Å²) in [6.07, 6.45) is 5.96. The van der Waals surface area contributed by atoms with Gasteiger partial charge in [-0.25, -0.2) is 4.98 Å². The Kier molecular flexibility index (Phi) is 5.40. The third-order valence-electron chi connectivity index (χ3n) is 3.97. The van der Waals surface area contributed by atoms with Gasteiger partial charge in [-0.05, 0) is 37.8 Å². The molecular formula is C17H22N2O2S. The van der Waals surface area contributed by atoms with Crippen LogP contribution in [0.25, 0.3) is 10.2 Å². The second-order valence-corrected chi connectivity index (χ2v) is 6.82. The normalized spacial score (nSPS) is 18.5. The van der Waals surface area contributed by atoms with Gasteiger partial charge < -0.3 is 10.1 Å². The highest BCUT2D eigenvalue weighted by Gasteiger charge is 2.15. The van der Waals surface area contributed by atoms with E-state index in [1.54, 1.807) is 11.3 Å². The molecule has 22 heavy (non-hydrogen) atoms. The molecule has 1 saturated heterocycles. The molecule has 1 aliphatic heterocycles. The van der Waals surface area contributed by atoms with Gasteiger partial charge in [-0.2, -0.15) is 0 Å². The SMILES string of the molecule is O=C(CC[C@H]1CCCCO1)NCCc1nc2ccccc2s1. The molecule has 2 aromatic rings. The topological polar surface area (TPSA) is 51.2 Å². The van der Waals surface area contributed by atoms with E-state index in [4.69, 9.17) is 4.74 Å². The van der Waals surface area contributed by atoms with Gasteiger partial charge in [0.15, 0.2) is 0 Å². The minimum absolute atomic E-state index is 0.121. The lowest BCUT2D eigenvalue weighted by Crippen LogP contribution is -2.27. The number of nitrogens with zero attached hydrogens (tertiary/aromatic N) is 1. The number of para-hydroxylation sites is 1. The van der Waals surface area contributed by atoms with Crippen LogP contribution in [-0.4, -0.2) is 30.1 Å². The number of carbonyl (C=O) groups is 1. The summed E-state index contributed by atoms with van der Waals surface area (Å²) in [4.78, 5) is 16.4. The Morgan fingerprint density at radius 2 is 2.27 bits per heavy atom. The van der Waals surface area contributed by atoms with E-state index in [2.05, 4.69) is 16.4 Å². The van der Waals surface area contributed by atoms with Crippen LogP contribution in [0.1, 0.15) is 37.1 Å². The van der Waals surface area contributed by atoms with Gasteiger partial charge >= 0.3 is 0 Å². The number of aromatic nitrogens is 1. The van der Waals surface area contributed by atoms with Crippen LogP contribution in [0.4, 0.5) is 0 Å². The zero-order valence-electron chi connectivity index (χ0n) is 12.7. The van der Waals surface area contributed by atoms with Gasteiger partial charge in [0.05, 0.1) is 21.3 Å². The highest BCUT2D eigenvalue weighted by atomic mass is 32.1. The summed E-state index contributed by atoms with van der Waals surface area (Å²) in [5.74, 6) is 0.121. The van der Waals surface area contributed by atoms with Crippen molar-refractivity contribution in [2.24, 2.45) is 0 Å². The number of nitrogens with one attached hydrogen (secondary N) is 1. The standard InChI is InChI=1S/C17H22N2O2S/c20-16(9-8-13-5-3-4-12-21-13)18-11-10-17-19-14-6-1-2-7-15(14)22-17/h1-2,6-7,13H,3-5,8-12H2,(H,18,20)/t13-/m1/s1. The summed E-state index contributed by atoms with van der Waals surface area (Å²) in [5.41, 5.74) is 1.04. The molecule has 0 saturated carbocycles. The molecule has 5 heteroatoms. The monoisotopic (exact) mass is 318 g/mol. The molecule has 0 bridgehead atoms. The van der Waals surface area contributed by atoms with Crippen molar-refractivity contribution in [2.75, 3.05) is 13.2 Å². The smallest absolute Gasteiger partial charge is 0.220 e. The number of fused-ring (bicyclic) bond motifs is 1. The lowest BCUT2D eigenvalue weighted by Gasteiger charge is -2.22. The summed E-state index contributed by atoms with van der Waals surface area (Å²) < 4.78 is 6.85. The summed E-state index contributed by atoms with van der Waals surface area (Å²) in [6.45, 7) is 1.51. The van der Waals surface area contributed by atoms with Crippen molar-refractivity contribution >= 4 is 27.5 Å². The minimum Gasteiger partial charge on any atom is -0.378 e. The summed E-state index contributed by atoms with van der Waals surface area (Å²) in [6, 6.07) is 8.14. The number of hydrogen-bond acceptors (Lipinski definition) is 4. The van der Waals surface area contributed by atoms with E-state index in [0.29, 0.717) is 13.0 Å². The number of hydrogen-bond donors (Lipinski definition) is 1. The Labute approximate surface area is 134 Å². The van der Waals surface area contributed by atoms with Gasteiger partial charge in [0.1, 0.15) is 0 Å². The molecule has 0 spiro atoms. The lowest BCUT2D eigenvalue weighted by molar-refractivity contribution is -0.122. The largest absolute Gasteiger partial charge is 0.378 e. The van der Waals surface area contributed by atoms with Crippen molar-refractivity contribution in [1.82, 2.24) is 10.3 Å². The Hall–Kier alpha value is -1.46. The second-order valence-electron chi connectivity index (χ2n) is 5.70. The number of amides is 1. The fraction of sp³-hybridized carbons (Fsp3) is 0.529. The quantitative estimate of drug-likeness (QED) is 0.889. The van der Waals surface area contributed by atoms with Gasteiger partial charge in [0, 0.05) is 26.0 Å². The predicted octanol–water partition coefficient (Wildman–Crippen LogP) is 3.30. The molecule has 0 aliphatic carbocycles. The van der Waals surface area contributed by atoms with Gasteiger partial charge in [0.2, 0.25) is 5.91 Å². The zero-order valence-corrected chi connectivity index (χ0v) is 13.5. The van der Waals surface area contributed by atoms with E-state index < -0.39 is 0 Å². The summed E-state index contributed by atoms with van der Waals surface area (Å²) >= 11 is 1.70. The second kappa shape index (κ2) is 7.70. The number of benzene rings is 1. The highest BCUT2D eigenvalue weighted by molar-refractivity contribution is 7.18. The molecule has 1 aliphatic rings. The van der Waals surface area contributed by atoms with Crippen LogP contribution in [0.3, 0.4) is 0 Å². The predicted molar refractivity (Wildman–Crippen MR) is 89.2 cm³/mol. The van der Waals surface area contributed by atoms with Crippen LogP contribution < -0.4 is 5.32 Å². The maximum absolute atomic E-state index is 11.9. The molecular weight excluding hydrogens is 296 g/mol. The molecule has 118 valence electrons.